The normalized spacial score (nSPS) is 22.8. The number of ether oxygens (including phenoxy) is 1. The fourth-order valence-electron chi connectivity index (χ4n) is 4.17. The Morgan fingerprint density at radius 1 is 1.22 bits per heavy atom. The lowest BCUT2D eigenvalue weighted by molar-refractivity contribution is -0.274. The Labute approximate surface area is 182 Å². The van der Waals surface area contributed by atoms with Gasteiger partial charge in [0.15, 0.2) is 0 Å². The van der Waals surface area contributed by atoms with Crippen LogP contribution < -0.4 is 10.1 Å². The van der Waals surface area contributed by atoms with Crippen molar-refractivity contribution in [2.75, 3.05) is 13.6 Å². The number of alkyl halides is 3. The first-order valence-electron chi connectivity index (χ1n) is 10.1. The fraction of sp³-hybridized carbons (Fsp3) is 0.524. The molecule has 0 radical (unpaired) electrons. The molecule has 1 heterocycles. The van der Waals surface area contributed by atoms with E-state index in [4.69, 9.17) is 0 Å². The first kappa shape index (κ1) is 23.4. The van der Waals surface area contributed by atoms with Gasteiger partial charge < -0.3 is 15.0 Å². The lowest BCUT2D eigenvalue weighted by Gasteiger charge is -2.39. The number of urea groups is 1. The van der Waals surface area contributed by atoms with Gasteiger partial charge in [0.25, 0.3) is 5.91 Å². The molecule has 2 fully saturated rings. The maximum Gasteiger partial charge on any atom is 0.573 e. The summed E-state index contributed by atoms with van der Waals surface area (Å²) in [4.78, 5) is 40.5. The van der Waals surface area contributed by atoms with Gasteiger partial charge in [0.1, 0.15) is 23.4 Å². The molecule has 1 saturated carbocycles. The molecule has 1 aliphatic heterocycles. The molecule has 1 aromatic carbocycles. The molecule has 0 bridgehead atoms. The minimum Gasteiger partial charge on any atom is -0.406 e. The van der Waals surface area contributed by atoms with Crippen LogP contribution in [0.4, 0.5) is 18.0 Å². The second-order valence-corrected chi connectivity index (χ2v) is 8.18. The van der Waals surface area contributed by atoms with Crippen molar-refractivity contribution in [3.05, 3.63) is 29.8 Å². The van der Waals surface area contributed by atoms with Crippen LogP contribution in [-0.2, 0) is 15.1 Å². The SMILES string of the molecule is CN(C(=O)CN1C(=O)NC(C)(c2ccc(OC(F)(F)F)cc2)C1=O)C1(C#N)CCCCC1. The Balaban J connectivity index is 1.75. The van der Waals surface area contributed by atoms with Gasteiger partial charge in [-0.05, 0) is 37.5 Å². The number of hydrogen-bond donors (Lipinski definition) is 1. The van der Waals surface area contributed by atoms with Crippen molar-refractivity contribution >= 4 is 17.8 Å². The minimum atomic E-state index is -4.86. The van der Waals surface area contributed by atoms with E-state index in [1.165, 1.54) is 31.0 Å². The third-order valence-corrected chi connectivity index (χ3v) is 6.14. The number of nitrogens with one attached hydrogen (secondary N) is 1. The number of halogens is 3. The van der Waals surface area contributed by atoms with Gasteiger partial charge in [-0.1, -0.05) is 31.4 Å². The highest BCUT2D eigenvalue weighted by molar-refractivity contribution is 6.09. The molecular weight excluding hydrogens is 429 g/mol. The first-order valence-corrected chi connectivity index (χ1v) is 10.1. The number of imide groups is 1. The molecule has 1 unspecified atom stereocenters. The van der Waals surface area contributed by atoms with E-state index >= 15 is 0 Å². The molecule has 0 aromatic heterocycles. The average molecular weight is 452 g/mol. The van der Waals surface area contributed by atoms with Gasteiger partial charge in [-0.15, -0.1) is 13.2 Å². The topological polar surface area (TPSA) is 103 Å². The van der Waals surface area contributed by atoms with E-state index in [1.54, 1.807) is 0 Å². The largest absolute Gasteiger partial charge is 0.573 e. The van der Waals surface area contributed by atoms with Gasteiger partial charge >= 0.3 is 12.4 Å². The number of nitrogens with zero attached hydrogens (tertiary/aromatic N) is 3. The van der Waals surface area contributed by atoms with Gasteiger partial charge in [-0.3, -0.25) is 14.5 Å². The second-order valence-electron chi connectivity index (χ2n) is 8.18. The maximum absolute atomic E-state index is 13.0. The molecule has 1 N–H and O–H groups in total. The summed E-state index contributed by atoms with van der Waals surface area (Å²) in [5.74, 6) is -1.73. The highest BCUT2D eigenvalue weighted by atomic mass is 19.4. The summed E-state index contributed by atoms with van der Waals surface area (Å²) in [6.45, 7) is 0.856. The zero-order valence-electron chi connectivity index (χ0n) is 17.7. The average Bonchev–Trinajstić information content (AvgIpc) is 2.96. The van der Waals surface area contributed by atoms with Crippen molar-refractivity contribution in [3.8, 4) is 11.8 Å². The van der Waals surface area contributed by atoms with Crippen molar-refractivity contribution in [1.82, 2.24) is 15.1 Å². The van der Waals surface area contributed by atoms with Crippen molar-refractivity contribution in [3.63, 3.8) is 0 Å². The van der Waals surface area contributed by atoms with Crippen LogP contribution in [0.5, 0.6) is 5.75 Å². The van der Waals surface area contributed by atoms with Gasteiger partial charge in [0.05, 0.1) is 6.07 Å². The summed E-state index contributed by atoms with van der Waals surface area (Å²) < 4.78 is 40.9. The summed E-state index contributed by atoms with van der Waals surface area (Å²) in [6.07, 6.45) is -1.22. The van der Waals surface area contributed by atoms with Crippen LogP contribution in [0.15, 0.2) is 24.3 Å². The Morgan fingerprint density at radius 3 is 2.34 bits per heavy atom. The monoisotopic (exact) mass is 452 g/mol. The van der Waals surface area contributed by atoms with Gasteiger partial charge in [-0.25, -0.2) is 4.79 Å². The predicted molar refractivity (Wildman–Crippen MR) is 105 cm³/mol. The minimum absolute atomic E-state index is 0.231. The standard InChI is InChI=1S/C21H23F3N4O4/c1-19(14-6-8-15(9-7-14)32-21(22,23)24)17(30)28(18(31)26-19)12-16(29)27(2)20(13-25)10-4-3-5-11-20/h6-9H,3-5,10-12H2,1-2H3,(H,26,31). The molecule has 8 nitrogen and oxygen atoms in total. The lowest BCUT2D eigenvalue weighted by Crippen LogP contribution is -2.53. The summed E-state index contributed by atoms with van der Waals surface area (Å²) >= 11 is 0. The molecule has 1 atom stereocenters. The van der Waals surface area contributed by atoms with Crippen LogP contribution in [0.1, 0.15) is 44.6 Å². The number of hydrogen-bond acceptors (Lipinski definition) is 5. The van der Waals surface area contributed by atoms with E-state index < -0.39 is 47.6 Å². The Bertz CT molecular complexity index is 951. The number of carbonyl (C=O) groups is 3. The first-order chi connectivity index (χ1) is 14.9. The van der Waals surface area contributed by atoms with E-state index in [2.05, 4.69) is 16.1 Å². The number of amides is 4. The van der Waals surface area contributed by atoms with Gasteiger partial charge in [0.2, 0.25) is 5.91 Å². The molecule has 11 heteroatoms. The molecule has 3 rings (SSSR count). The van der Waals surface area contributed by atoms with Crippen molar-refractivity contribution in [2.24, 2.45) is 0 Å². The molecule has 1 aliphatic carbocycles. The highest BCUT2D eigenvalue weighted by Crippen LogP contribution is 2.34. The quantitative estimate of drug-likeness (QED) is 0.692. The molecule has 1 saturated heterocycles. The van der Waals surface area contributed by atoms with Crippen LogP contribution in [0.2, 0.25) is 0 Å². The van der Waals surface area contributed by atoms with Crippen molar-refractivity contribution < 1.29 is 32.3 Å². The summed E-state index contributed by atoms with van der Waals surface area (Å²) in [5, 5.41) is 12.2. The molecule has 32 heavy (non-hydrogen) atoms. The van der Waals surface area contributed by atoms with Crippen LogP contribution in [0.25, 0.3) is 0 Å². The Hall–Kier alpha value is -3.29. The molecule has 1 aromatic rings. The Kier molecular flexibility index (Phi) is 6.09. The molecule has 2 aliphatic rings. The zero-order valence-corrected chi connectivity index (χ0v) is 17.7. The van der Waals surface area contributed by atoms with Crippen LogP contribution in [0.3, 0.4) is 0 Å². The smallest absolute Gasteiger partial charge is 0.406 e. The molecule has 0 spiro atoms. The van der Waals surface area contributed by atoms with E-state index in [-0.39, 0.29) is 5.56 Å². The highest BCUT2D eigenvalue weighted by Gasteiger charge is 2.50. The number of benzene rings is 1. The van der Waals surface area contributed by atoms with Gasteiger partial charge in [0, 0.05) is 7.05 Å². The van der Waals surface area contributed by atoms with E-state index in [9.17, 15) is 32.8 Å². The van der Waals surface area contributed by atoms with Crippen molar-refractivity contribution in [2.45, 2.75) is 56.5 Å². The van der Waals surface area contributed by atoms with E-state index in [0.717, 1.165) is 36.3 Å². The second kappa shape index (κ2) is 8.33. The Morgan fingerprint density at radius 2 is 1.81 bits per heavy atom. The zero-order chi connectivity index (χ0) is 23.7. The third kappa shape index (κ3) is 4.35. The fourth-order valence-corrected chi connectivity index (χ4v) is 4.17. The number of carbonyl (C=O) groups excluding carboxylic acids is 3. The van der Waals surface area contributed by atoms with Gasteiger partial charge in [-0.2, -0.15) is 5.26 Å². The van der Waals surface area contributed by atoms with Crippen LogP contribution >= 0.6 is 0 Å². The number of rotatable bonds is 5. The van der Waals surface area contributed by atoms with E-state index in [1.807, 2.05) is 0 Å². The summed E-state index contributed by atoms with van der Waals surface area (Å²) in [5.41, 5.74) is -2.30. The van der Waals surface area contributed by atoms with Crippen LogP contribution in [0, 0.1) is 11.3 Å². The number of likely N-dealkylation sites (N-methyl/N-ethyl adjacent to an activating group) is 1. The van der Waals surface area contributed by atoms with Crippen molar-refractivity contribution in [1.29, 1.82) is 5.26 Å². The summed E-state index contributed by atoms with van der Waals surface area (Å²) in [6, 6.07) is 5.97. The maximum atomic E-state index is 13.0. The molecule has 4 amide bonds. The predicted octanol–water partition coefficient (Wildman–Crippen LogP) is 3.04. The number of nitriles is 1. The molecular formula is C21H23F3N4O4. The third-order valence-electron chi connectivity index (χ3n) is 6.14. The summed E-state index contributed by atoms with van der Waals surface area (Å²) in [7, 11) is 1.49. The van der Waals surface area contributed by atoms with E-state index in [0.29, 0.717) is 12.8 Å². The molecule has 172 valence electrons. The van der Waals surface area contributed by atoms with Crippen LogP contribution in [-0.4, -0.2) is 53.1 Å². The lowest BCUT2D eigenvalue weighted by atomic mass is 9.81.